The van der Waals surface area contributed by atoms with Crippen molar-refractivity contribution in [2.45, 2.75) is 13.3 Å². The van der Waals surface area contributed by atoms with Gasteiger partial charge in [-0.25, -0.2) is 0 Å². The molecule has 7 nitrogen and oxygen atoms in total. The van der Waals surface area contributed by atoms with Gasteiger partial charge in [-0.15, -0.1) is 0 Å². The van der Waals surface area contributed by atoms with Gasteiger partial charge in [-0.3, -0.25) is 9.59 Å². The van der Waals surface area contributed by atoms with E-state index in [0.29, 0.717) is 27.2 Å². The van der Waals surface area contributed by atoms with Crippen LogP contribution in [-0.4, -0.2) is 31.2 Å². The summed E-state index contributed by atoms with van der Waals surface area (Å²) >= 11 is 3.34. The standard InChI is InChI=1S/C16H16BrNO6/c1-8-7-24-13(6-14(19)20)15(8)16(21)18-10-4-9(17)11(22-2)5-12(10)23-3/h4-5,7H,6H2,1-3H3,(H,18,21)(H,19,20). The number of anilines is 1. The Bertz CT molecular complexity index is 783. The van der Waals surface area contributed by atoms with Crippen molar-refractivity contribution in [1.29, 1.82) is 0 Å². The van der Waals surface area contributed by atoms with Crippen molar-refractivity contribution in [2.24, 2.45) is 0 Å². The van der Waals surface area contributed by atoms with E-state index in [-0.39, 0.29) is 17.7 Å². The predicted molar refractivity (Wildman–Crippen MR) is 90.0 cm³/mol. The molecule has 2 N–H and O–H groups in total. The zero-order chi connectivity index (χ0) is 17.9. The van der Waals surface area contributed by atoms with Gasteiger partial charge in [-0.1, -0.05) is 0 Å². The minimum atomic E-state index is -1.08. The van der Waals surface area contributed by atoms with E-state index < -0.39 is 11.9 Å². The molecule has 0 unspecified atom stereocenters. The number of rotatable bonds is 6. The van der Waals surface area contributed by atoms with Crippen molar-refractivity contribution in [2.75, 3.05) is 19.5 Å². The van der Waals surface area contributed by atoms with E-state index in [0.717, 1.165) is 0 Å². The van der Waals surface area contributed by atoms with Crippen LogP contribution in [0, 0.1) is 6.92 Å². The van der Waals surface area contributed by atoms with Crippen LogP contribution in [-0.2, 0) is 11.2 Å². The first kappa shape index (κ1) is 17.9. The molecule has 0 aliphatic carbocycles. The maximum atomic E-state index is 12.6. The van der Waals surface area contributed by atoms with Gasteiger partial charge in [0.05, 0.1) is 36.2 Å². The number of benzene rings is 1. The third-order valence-corrected chi connectivity index (χ3v) is 3.93. The number of aryl methyl sites for hydroxylation is 1. The molecule has 0 aliphatic rings. The van der Waals surface area contributed by atoms with Gasteiger partial charge < -0.3 is 24.3 Å². The summed E-state index contributed by atoms with van der Waals surface area (Å²) in [6.07, 6.45) is 0.981. The van der Waals surface area contributed by atoms with Crippen molar-refractivity contribution >= 4 is 33.5 Å². The number of aliphatic carboxylic acids is 1. The van der Waals surface area contributed by atoms with Gasteiger partial charge in [0.1, 0.15) is 23.7 Å². The highest BCUT2D eigenvalue weighted by Crippen LogP contribution is 2.36. The fourth-order valence-corrected chi connectivity index (χ4v) is 2.72. The third-order valence-electron chi connectivity index (χ3n) is 3.31. The lowest BCUT2D eigenvalue weighted by atomic mass is 10.1. The molecule has 1 heterocycles. The second kappa shape index (κ2) is 7.39. The van der Waals surface area contributed by atoms with E-state index >= 15 is 0 Å². The molecule has 0 bridgehead atoms. The van der Waals surface area contributed by atoms with Gasteiger partial charge in [0, 0.05) is 11.6 Å². The molecule has 1 aromatic heterocycles. The van der Waals surface area contributed by atoms with Gasteiger partial charge in [0.15, 0.2) is 0 Å². The van der Waals surface area contributed by atoms with Crippen molar-refractivity contribution in [3.8, 4) is 11.5 Å². The van der Waals surface area contributed by atoms with E-state index in [4.69, 9.17) is 19.0 Å². The fraction of sp³-hybridized carbons (Fsp3) is 0.250. The van der Waals surface area contributed by atoms with Gasteiger partial charge in [0.25, 0.3) is 5.91 Å². The number of furan rings is 1. The zero-order valence-electron chi connectivity index (χ0n) is 13.3. The molecule has 0 atom stereocenters. The number of hydrogen-bond donors (Lipinski definition) is 2. The molecule has 0 radical (unpaired) electrons. The van der Waals surface area contributed by atoms with E-state index in [1.807, 2.05) is 0 Å². The molecule has 0 aliphatic heterocycles. The number of carboxylic acid groups (broad SMARTS) is 1. The van der Waals surface area contributed by atoms with E-state index in [9.17, 15) is 9.59 Å². The van der Waals surface area contributed by atoms with Gasteiger partial charge in [-0.2, -0.15) is 0 Å². The van der Waals surface area contributed by atoms with Crippen LogP contribution in [0.15, 0.2) is 27.3 Å². The zero-order valence-corrected chi connectivity index (χ0v) is 14.9. The summed E-state index contributed by atoms with van der Waals surface area (Å²) in [5.41, 5.74) is 1.17. The van der Waals surface area contributed by atoms with Crippen LogP contribution in [0.4, 0.5) is 5.69 Å². The average molecular weight is 398 g/mol. The van der Waals surface area contributed by atoms with Crippen LogP contribution in [0.3, 0.4) is 0 Å². The molecular formula is C16H16BrNO6. The van der Waals surface area contributed by atoms with Crippen molar-refractivity contribution in [3.05, 3.63) is 39.8 Å². The molecule has 24 heavy (non-hydrogen) atoms. The molecule has 0 spiro atoms. The molecule has 2 aromatic rings. The quantitative estimate of drug-likeness (QED) is 0.775. The van der Waals surface area contributed by atoms with E-state index in [1.165, 1.54) is 20.5 Å². The fourth-order valence-electron chi connectivity index (χ4n) is 2.21. The lowest BCUT2D eigenvalue weighted by molar-refractivity contribution is -0.136. The summed E-state index contributed by atoms with van der Waals surface area (Å²) in [6.45, 7) is 1.67. The van der Waals surface area contributed by atoms with Crippen LogP contribution < -0.4 is 14.8 Å². The first-order valence-electron chi connectivity index (χ1n) is 6.89. The highest BCUT2D eigenvalue weighted by molar-refractivity contribution is 9.10. The molecular weight excluding hydrogens is 382 g/mol. The lowest BCUT2D eigenvalue weighted by Crippen LogP contribution is -2.16. The Balaban J connectivity index is 2.35. The Morgan fingerprint density at radius 1 is 1.25 bits per heavy atom. The predicted octanol–water partition coefficient (Wildman–Crippen LogP) is 3.25. The summed E-state index contributed by atoms with van der Waals surface area (Å²) in [6, 6.07) is 3.27. The largest absolute Gasteiger partial charge is 0.495 e. The number of methoxy groups -OCH3 is 2. The second-order valence-electron chi connectivity index (χ2n) is 4.93. The summed E-state index contributed by atoms with van der Waals surface area (Å²) < 4.78 is 16.2. The molecule has 0 saturated carbocycles. The Morgan fingerprint density at radius 2 is 1.92 bits per heavy atom. The number of hydrogen-bond acceptors (Lipinski definition) is 5. The first-order chi connectivity index (χ1) is 11.4. The Morgan fingerprint density at radius 3 is 2.50 bits per heavy atom. The van der Waals surface area contributed by atoms with E-state index in [2.05, 4.69) is 21.2 Å². The smallest absolute Gasteiger partial charge is 0.311 e. The van der Waals surface area contributed by atoms with E-state index in [1.54, 1.807) is 19.1 Å². The monoisotopic (exact) mass is 397 g/mol. The highest BCUT2D eigenvalue weighted by atomic mass is 79.9. The van der Waals surface area contributed by atoms with Crippen LogP contribution >= 0.6 is 15.9 Å². The number of carboxylic acids is 1. The maximum Gasteiger partial charge on any atom is 0.311 e. The molecule has 8 heteroatoms. The van der Waals surface area contributed by atoms with Crippen LogP contribution in [0.5, 0.6) is 11.5 Å². The Labute approximate surface area is 146 Å². The Kier molecular flexibility index (Phi) is 5.50. The van der Waals surface area contributed by atoms with Crippen molar-refractivity contribution in [1.82, 2.24) is 0 Å². The highest BCUT2D eigenvalue weighted by Gasteiger charge is 2.22. The molecule has 0 fully saturated rings. The molecule has 2 rings (SSSR count). The number of carbonyl (C=O) groups excluding carboxylic acids is 1. The number of nitrogens with one attached hydrogen (secondary N) is 1. The third kappa shape index (κ3) is 3.70. The second-order valence-corrected chi connectivity index (χ2v) is 5.78. The van der Waals surface area contributed by atoms with Gasteiger partial charge >= 0.3 is 5.97 Å². The van der Waals surface area contributed by atoms with Gasteiger partial charge in [0.2, 0.25) is 0 Å². The number of amides is 1. The SMILES string of the molecule is COc1cc(OC)c(NC(=O)c2c(C)coc2CC(=O)O)cc1Br. The van der Waals surface area contributed by atoms with Crippen LogP contribution in [0.25, 0.3) is 0 Å². The summed E-state index contributed by atoms with van der Waals surface area (Å²) in [5, 5.41) is 11.6. The minimum Gasteiger partial charge on any atom is -0.495 e. The summed E-state index contributed by atoms with van der Waals surface area (Å²) in [4.78, 5) is 23.5. The molecule has 128 valence electrons. The lowest BCUT2D eigenvalue weighted by Gasteiger charge is -2.13. The van der Waals surface area contributed by atoms with Crippen LogP contribution in [0.2, 0.25) is 0 Å². The van der Waals surface area contributed by atoms with Crippen molar-refractivity contribution < 1.29 is 28.6 Å². The molecule has 0 saturated heterocycles. The first-order valence-corrected chi connectivity index (χ1v) is 7.68. The van der Waals surface area contributed by atoms with Crippen molar-refractivity contribution in [3.63, 3.8) is 0 Å². The normalized spacial score (nSPS) is 10.3. The minimum absolute atomic E-state index is 0.101. The number of halogens is 1. The van der Waals surface area contributed by atoms with Gasteiger partial charge in [-0.05, 0) is 28.9 Å². The average Bonchev–Trinajstić information content (AvgIpc) is 2.87. The summed E-state index contributed by atoms with van der Waals surface area (Å²) in [5.74, 6) is -0.500. The van der Waals surface area contributed by atoms with Crippen LogP contribution in [0.1, 0.15) is 21.7 Å². The Hall–Kier alpha value is -2.48. The molecule has 1 aromatic carbocycles. The summed E-state index contributed by atoms with van der Waals surface area (Å²) in [7, 11) is 2.99. The number of ether oxygens (including phenoxy) is 2. The topological polar surface area (TPSA) is 98.0 Å². The maximum absolute atomic E-state index is 12.6. The number of carbonyl (C=O) groups is 2. The molecule has 1 amide bonds.